The molecule has 2 rings (SSSR count). The van der Waals surface area contributed by atoms with Crippen LogP contribution in [0, 0.1) is 0 Å². The molecule has 70 valence electrons. The van der Waals surface area contributed by atoms with E-state index in [4.69, 9.17) is 4.74 Å². The van der Waals surface area contributed by atoms with E-state index in [-0.39, 0.29) is 5.60 Å². The van der Waals surface area contributed by atoms with E-state index >= 15 is 0 Å². The van der Waals surface area contributed by atoms with Crippen LogP contribution in [-0.2, 0) is 4.74 Å². The zero-order valence-corrected chi connectivity index (χ0v) is 8.10. The van der Waals surface area contributed by atoms with Gasteiger partial charge in [0.15, 0.2) is 0 Å². The number of rotatable bonds is 3. The van der Waals surface area contributed by atoms with Crippen molar-refractivity contribution in [2.75, 3.05) is 6.61 Å². The van der Waals surface area contributed by atoms with E-state index in [1.807, 2.05) is 0 Å². The fourth-order valence-electron chi connectivity index (χ4n) is 1.92. The summed E-state index contributed by atoms with van der Waals surface area (Å²) in [5.74, 6) is 0. The molecule has 0 bridgehead atoms. The monoisotopic (exact) mass is 169 g/mol. The first-order valence-corrected chi connectivity index (χ1v) is 5.11. The highest BCUT2D eigenvalue weighted by Gasteiger charge is 2.38. The lowest BCUT2D eigenvalue weighted by Gasteiger charge is -2.31. The van der Waals surface area contributed by atoms with Crippen LogP contribution in [0.1, 0.15) is 39.5 Å². The average molecular weight is 169 g/mol. The SMILES string of the molecule is CC(NC1CC1)C1(C)CCCO1. The lowest BCUT2D eigenvalue weighted by atomic mass is 9.94. The molecule has 2 nitrogen and oxygen atoms in total. The maximum Gasteiger partial charge on any atom is 0.0804 e. The zero-order valence-electron chi connectivity index (χ0n) is 8.10. The molecule has 1 saturated heterocycles. The molecule has 2 heteroatoms. The summed E-state index contributed by atoms with van der Waals surface area (Å²) in [5.41, 5.74) is 0.114. The lowest BCUT2D eigenvalue weighted by molar-refractivity contribution is -0.00700. The van der Waals surface area contributed by atoms with E-state index in [0.29, 0.717) is 6.04 Å². The Morgan fingerprint density at radius 2 is 2.25 bits per heavy atom. The second-order valence-corrected chi connectivity index (χ2v) is 4.43. The van der Waals surface area contributed by atoms with Crippen molar-refractivity contribution in [3.8, 4) is 0 Å². The molecule has 0 aromatic carbocycles. The van der Waals surface area contributed by atoms with Gasteiger partial charge in [0.25, 0.3) is 0 Å². The van der Waals surface area contributed by atoms with Gasteiger partial charge in [0.2, 0.25) is 0 Å². The second-order valence-electron chi connectivity index (χ2n) is 4.43. The Morgan fingerprint density at radius 1 is 1.50 bits per heavy atom. The van der Waals surface area contributed by atoms with E-state index in [1.165, 1.54) is 25.7 Å². The minimum Gasteiger partial charge on any atom is -0.374 e. The smallest absolute Gasteiger partial charge is 0.0804 e. The third kappa shape index (κ3) is 1.64. The van der Waals surface area contributed by atoms with Crippen molar-refractivity contribution in [3.05, 3.63) is 0 Å². The predicted octanol–water partition coefficient (Wildman–Crippen LogP) is 1.70. The van der Waals surface area contributed by atoms with Gasteiger partial charge in [0.1, 0.15) is 0 Å². The van der Waals surface area contributed by atoms with E-state index < -0.39 is 0 Å². The summed E-state index contributed by atoms with van der Waals surface area (Å²) in [6.45, 7) is 5.44. The van der Waals surface area contributed by atoms with Crippen LogP contribution < -0.4 is 5.32 Å². The largest absolute Gasteiger partial charge is 0.374 e. The van der Waals surface area contributed by atoms with Gasteiger partial charge in [-0.1, -0.05) is 0 Å². The standard InChI is InChI=1S/C10H19NO/c1-8(11-9-4-5-9)10(2)6-3-7-12-10/h8-9,11H,3-7H2,1-2H3. The molecule has 0 spiro atoms. The lowest BCUT2D eigenvalue weighted by Crippen LogP contribution is -2.47. The fraction of sp³-hybridized carbons (Fsp3) is 1.00. The summed E-state index contributed by atoms with van der Waals surface area (Å²) >= 11 is 0. The van der Waals surface area contributed by atoms with Gasteiger partial charge in [0.05, 0.1) is 5.60 Å². The number of hydrogen-bond donors (Lipinski definition) is 1. The summed E-state index contributed by atoms with van der Waals surface area (Å²) in [4.78, 5) is 0. The van der Waals surface area contributed by atoms with Crippen LogP contribution in [0.2, 0.25) is 0 Å². The highest BCUT2D eigenvalue weighted by molar-refractivity contribution is 4.94. The Hall–Kier alpha value is -0.0800. The molecule has 0 aromatic heterocycles. The van der Waals surface area contributed by atoms with Gasteiger partial charge in [-0.15, -0.1) is 0 Å². The second kappa shape index (κ2) is 3.00. The van der Waals surface area contributed by atoms with Crippen molar-refractivity contribution in [1.82, 2.24) is 5.32 Å². The molecule has 2 fully saturated rings. The molecule has 0 aromatic rings. The van der Waals surface area contributed by atoms with E-state index in [1.54, 1.807) is 0 Å². The summed E-state index contributed by atoms with van der Waals surface area (Å²) < 4.78 is 5.77. The summed E-state index contributed by atoms with van der Waals surface area (Å²) in [6.07, 6.45) is 5.17. The highest BCUT2D eigenvalue weighted by Crippen LogP contribution is 2.30. The van der Waals surface area contributed by atoms with Crippen LogP contribution in [0.4, 0.5) is 0 Å². The Labute approximate surface area is 74.7 Å². The molecule has 1 heterocycles. The minimum absolute atomic E-state index is 0.114. The third-order valence-corrected chi connectivity index (χ3v) is 3.23. The predicted molar refractivity (Wildman–Crippen MR) is 49.2 cm³/mol. The van der Waals surface area contributed by atoms with Crippen molar-refractivity contribution in [1.29, 1.82) is 0 Å². The van der Waals surface area contributed by atoms with Crippen molar-refractivity contribution in [2.45, 2.75) is 57.2 Å². The third-order valence-electron chi connectivity index (χ3n) is 3.23. The summed E-state index contributed by atoms with van der Waals surface area (Å²) in [7, 11) is 0. The maximum absolute atomic E-state index is 5.77. The number of nitrogens with one attached hydrogen (secondary N) is 1. The van der Waals surface area contributed by atoms with E-state index in [9.17, 15) is 0 Å². The molecule has 12 heavy (non-hydrogen) atoms. The quantitative estimate of drug-likeness (QED) is 0.694. The van der Waals surface area contributed by atoms with Crippen molar-refractivity contribution >= 4 is 0 Å². The minimum atomic E-state index is 0.114. The van der Waals surface area contributed by atoms with Gasteiger partial charge in [-0.3, -0.25) is 0 Å². The molecule has 2 atom stereocenters. The van der Waals surface area contributed by atoms with Gasteiger partial charge in [0, 0.05) is 18.7 Å². The fourth-order valence-corrected chi connectivity index (χ4v) is 1.92. The number of ether oxygens (including phenoxy) is 1. The first-order chi connectivity index (χ1) is 5.71. The van der Waals surface area contributed by atoms with Gasteiger partial charge >= 0.3 is 0 Å². The molecule has 0 amide bonds. The Kier molecular flexibility index (Phi) is 2.13. The van der Waals surface area contributed by atoms with Crippen LogP contribution in [0.3, 0.4) is 0 Å². The van der Waals surface area contributed by atoms with Crippen LogP contribution in [0.25, 0.3) is 0 Å². The maximum atomic E-state index is 5.77. The molecule has 2 unspecified atom stereocenters. The summed E-state index contributed by atoms with van der Waals surface area (Å²) in [5, 5.41) is 3.61. The summed E-state index contributed by atoms with van der Waals surface area (Å²) in [6, 6.07) is 1.31. The molecular formula is C10H19NO. The molecular weight excluding hydrogens is 150 g/mol. The Morgan fingerprint density at radius 3 is 2.75 bits per heavy atom. The van der Waals surface area contributed by atoms with Crippen molar-refractivity contribution in [3.63, 3.8) is 0 Å². The Balaban J connectivity index is 1.87. The van der Waals surface area contributed by atoms with Gasteiger partial charge < -0.3 is 10.1 Å². The van der Waals surface area contributed by atoms with Crippen LogP contribution in [0.15, 0.2) is 0 Å². The topological polar surface area (TPSA) is 21.3 Å². The van der Waals surface area contributed by atoms with Crippen molar-refractivity contribution < 1.29 is 4.74 Å². The molecule has 1 aliphatic heterocycles. The van der Waals surface area contributed by atoms with Crippen LogP contribution >= 0.6 is 0 Å². The van der Waals surface area contributed by atoms with Crippen LogP contribution in [-0.4, -0.2) is 24.3 Å². The van der Waals surface area contributed by atoms with Gasteiger partial charge in [-0.05, 0) is 39.5 Å². The molecule has 1 saturated carbocycles. The zero-order chi connectivity index (χ0) is 8.60. The normalized spacial score (nSPS) is 38.5. The first-order valence-electron chi connectivity index (χ1n) is 5.11. The highest BCUT2D eigenvalue weighted by atomic mass is 16.5. The van der Waals surface area contributed by atoms with E-state index in [2.05, 4.69) is 19.2 Å². The number of hydrogen-bond acceptors (Lipinski definition) is 2. The van der Waals surface area contributed by atoms with Gasteiger partial charge in [-0.25, -0.2) is 0 Å². The van der Waals surface area contributed by atoms with Gasteiger partial charge in [-0.2, -0.15) is 0 Å². The molecule has 1 N–H and O–H groups in total. The molecule has 0 radical (unpaired) electrons. The Bertz CT molecular complexity index is 159. The molecule has 2 aliphatic rings. The molecule has 1 aliphatic carbocycles. The van der Waals surface area contributed by atoms with E-state index in [0.717, 1.165) is 12.6 Å². The van der Waals surface area contributed by atoms with Crippen LogP contribution in [0.5, 0.6) is 0 Å². The first kappa shape index (κ1) is 8.52. The average Bonchev–Trinajstić information content (AvgIpc) is 2.73. The van der Waals surface area contributed by atoms with Crippen molar-refractivity contribution in [2.24, 2.45) is 0 Å².